The lowest BCUT2D eigenvalue weighted by atomic mass is 9.91. The maximum absolute atomic E-state index is 12.4. The van der Waals surface area contributed by atoms with E-state index in [1.807, 2.05) is 7.05 Å². The minimum atomic E-state index is -0.556. The molecule has 0 bridgehead atoms. The molecule has 3 atom stereocenters. The molecule has 0 aromatic rings. The molecule has 20 heavy (non-hydrogen) atoms. The Hall–Kier alpha value is -0.650. The summed E-state index contributed by atoms with van der Waals surface area (Å²) in [6.45, 7) is 6.62. The molecule has 116 valence electrons. The monoisotopic (exact) mass is 284 g/mol. The second-order valence-corrected chi connectivity index (χ2v) is 6.12. The predicted molar refractivity (Wildman–Crippen MR) is 77.6 cm³/mol. The van der Waals surface area contributed by atoms with Gasteiger partial charge in [0.2, 0.25) is 0 Å². The third-order valence-electron chi connectivity index (χ3n) is 4.77. The van der Waals surface area contributed by atoms with Crippen LogP contribution in [0.1, 0.15) is 33.1 Å². The van der Waals surface area contributed by atoms with E-state index in [2.05, 4.69) is 24.1 Å². The molecule has 1 saturated heterocycles. The summed E-state index contributed by atoms with van der Waals surface area (Å²) in [4.78, 5) is 14.8. The molecular weight excluding hydrogens is 256 g/mol. The number of carbonyl (C=O) groups excluding carboxylic acids is 1. The van der Waals surface area contributed by atoms with Crippen molar-refractivity contribution >= 4 is 5.97 Å². The van der Waals surface area contributed by atoms with Crippen LogP contribution in [0.4, 0.5) is 0 Å². The van der Waals surface area contributed by atoms with Gasteiger partial charge in [-0.05, 0) is 39.2 Å². The molecular formula is C15H28N2O3. The lowest BCUT2D eigenvalue weighted by molar-refractivity contribution is -0.152. The smallest absolute Gasteiger partial charge is 0.327 e. The highest BCUT2D eigenvalue weighted by atomic mass is 16.5. The number of nitrogens with one attached hydrogen (secondary N) is 1. The maximum atomic E-state index is 12.4. The van der Waals surface area contributed by atoms with Crippen molar-refractivity contribution in [1.82, 2.24) is 10.2 Å². The number of esters is 1. The maximum Gasteiger partial charge on any atom is 0.327 e. The fourth-order valence-electron chi connectivity index (χ4n) is 3.31. The van der Waals surface area contributed by atoms with Crippen LogP contribution in [0.5, 0.6) is 0 Å². The number of nitrogens with zero attached hydrogens (tertiary/aromatic N) is 1. The average molecular weight is 284 g/mol. The second-order valence-electron chi connectivity index (χ2n) is 6.12. The van der Waals surface area contributed by atoms with Crippen molar-refractivity contribution in [2.75, 3.05) is 33.9 Å². The van der Waals surface area contributed by atoms with E-state index in [0.29, 0.717) is 18.5 Å². The van der Waals surface area contributed by atoms with Crippen molar-refractivity contribution in [3.8, 4) is 0 Å². The van der Waals surface area contributed by atoms with Crippen molar-refractivity contribution in [3.63, 3.8) is 0 Å². The Labute approximate surface area is 122 Å². The van der Waals surface area contributed by atoms with Gasteiger partial charge in [0.05, 0.1) is 19.8 Å². The van der Waals surface area contributed by atoms with Crippen molar-refractivity contribution in [2.45, 2.75) is 50.8 Å². The minimum Gasteiger partial charge on any atom is -0.468 e. The highest BCUT2D eigenvalue weighted by Crippen LogP contribution is 2.41. The molecule has 3 unspecified atom stereocenters. The third kappa shape index (κ3) is 3.00. The number of hydrogen-bond acceptors (Lipinski definition) is 5. The van der Waals surface area contributed by atoms with E-state index in [1.54, 1.807) is 0 Å². The first kappa shape index (κ1) is 15.7. The summed E-state index contributed by atoms with van der Waals surface area (Å²) in [5, 5.41) is 3.28. The molecule has 0 aromatic heterocycles. The van der Waals surface area contributed by atoms with Crippen LogP contribution < -0.4 is 5.32 Å². The van der Waals surface area contributed by atoms with Crippen LogP contribution in [0, 0.1) is 5.92 Å². The average Bonchev–Trinajstić information content (AvgIpc) is 3.29. The first-order chi connectivity index (χ1) is 9.57. The first-order valence-electron chi connectivity index (χ1n) is 7.70. The zero-order chi connectivity index (χ0) is 14.8. The van der Waals surface area contributed by atoms with Crippen LogP contribution in [0.3, 0.4) is 0 Å². The molecule has 1 heterocycles. The number of ether oxygens (including phenoxy) is 2. The van der Waals surface area contributed by atoms with E-state index in [9.17, 15) is 4.79 Å². The molecule has 0 amide bonds. The van der Waals surface area contributed by atoms with Crippen LogP contribution >= 0.6 is 0 Å². The van der Waals surface area contributed by atoms with Gasteiger partial charge in [-0.1, -0.05) is 6.92 Å². The number of methoxy groups -OCH3 is 1. The zero-order valence-electron chi connectivity index (χ0n) is 13.1. The van der Waals surface area contributed by atoms with E-state index >= 15 is 0 Å². The zero-order valence-corrected chi connectivity index (χ0v) is 13.1. The number of carbonyl (C=O) groups is 1. The van der Waals surface area contributed by atoms with Crippen molar-refractivity contribution < 1.29 is 14.3 Å². The van der Waals surface area contributed by atoms with Gasteiger partial charge in [-0.3, -0.25) is 4.90 Å². The summed E-state index contributed by atoms with van der Waals surface area (Å²) in [6, 6.07) is 0.391. The van der Waals surface area contributed by atoms with Crippen LogP contribution in [0.25, 0.3) is 0 Å². The molecule has 5 heteroatoms. The Morgan fingerprint density at radius 1 is 1.50 bits per heavy atom. The molecule has 1 aliphatic heterocycles. The summed E-state index contributed by atoms with van der Waals surface area (Å²) in [6.07, 6.45) is 3.47. The number of likely N-dealkylation sites (N-methyl/N-ethyl adjacent to an activating group) is 1. The molecule has 0 radical (unpaired) electrons. The van der Waals surface area contributed by atoms with Gasteiger partial charge in [-0.25, -0.2) is 4.79 Å². The molecule has 2 aliphatic rings. The fraction of sp³-hybridized carbons (Fsp3) is 0.933. The molecule has 5 nitrogen and oxygen atoms in total. The topological polar surface area (TPSA) is 50.8 Å². The van der Waals surface area contributed by atoms with E-state index in [1.165, 1.54) is 7.11 Å². The molecule has 2 fully saturated rings. The van der Waals surface area contributed by atoms with Gasteiger partial charge >= 0.3 is 5.97 Å². The normalized spacial score (nSPS) is 30.8. The van der Waals surface area contributed by atoms with Gasteiger partial charge < -0.3 is 14.8 Å². The standard InChI is InChI=1S/C15H28N2O3/c1-5-13-9-20-11(2)8-17(13)10-15(16-3,12-6-7-12)14(18)19-4/h11-13,16H,5-10H2,1-4H3. The Kier molecular flexibility index (Phi) is 5.04. The van der Waals surface area contributed by atoms with E-state index < -0.39 is 5.54 Å². The SMILES string of the molecule is CCC1COC(C)CN1CC(NC)(C(=O)OC)C1CC1. The Balaban J connectivity index is 2.15. The molecule has 0 aromatic carbocycles. The molecule has 2 rings (SSSR count). The number of morpholine rings is 1. The third-order valence-corrected chi connectivity index (χ3v) is 4.77. The van der Waals surface area contributed by atoms with Gasteiger partial charge in [0, 0.05) is 19.1 Å². The summed E-state index contributed by atoms with van der Waals surface area (Å²) < 4.78 is 10.8. The summed E-state index contributed by atoms with van der Waals surface area (Å²) in [5.41, 5.74) is -0.556. The minimum absolute atomic E-state index is 0.128. The van der Waals surface area contributed by atoms with E-state index in [4.69, 9.17) is 9.47 Å². The summed E-state index contributed by atoms with van der Waals surface area (Å²) in [7, 11) is 3.36. The Morgan fingerprint density at radius 3 is 2.70 bits per heavy atom. The quantitative estimate of drug-likeness (QED) is 0.738. The summed E-state index contributed by atoms with van der Waals surface area (Å²) in [5.74, 6) is 0.270. The molecule has 1 N–H and O–H groups in total. The van der Waals surface area contributed by atoms with Gasteiger partial charge in [0.25, 0.3) is 0 Å². The van der Waals surface area contributed by atoms with Gasteiger partial charge in [-0.15, -0.1) is 0 Å². The fourth-order valence-corrected chi connectivity index (χ4v) is 3.31. The summed E-state index contributed by atoms with van der Waals surface area (Å²) >= 11 is 0. The lowest BCUT2D eigenvalue weighted by Gasteiger charge is -2.43. The molecule has 0 spiro atoms. The lowest BCUT2D eigenvalue weighted by Crippen LogP contribution is -2.63. The highest BCUT2D eigenvalue weighted by Gasteiger charge is 2.52. The van der Waals surface area contributed by atoms with Crippen LogP contribution in [-0.2, 0) is 14.3 Å². The van der Waals surface area contributed by atoms with Gasteiger partial charge in [0.15, 0.2) is 0 Å². The van der Waals surface area contributed by atoms with Gasteiger partial charge in [0.1, 0.15) is 5.54 Å². The largest absolute Gasteiger partial charge is 0.468 e. The second kappa shape index (κ2) is 6.41. The molecule has 1 saturated carbocycles. The number of rotatable bonds is 6. The van der Waals surface area contributed by atoms with E-state index in [-0.39, 0.29) is 12.1 Å². The van der Waals surface area contributed by atoms with Crippen LogP contribution in [-0.4, -0.2) is 62.4 Å². The number of hydrogen-bond donors (Lipinski definition) is 1. The molecule has 1 aliphatic carbocycles. The van der Waals surface area contributed by atoms with Crippen molar-refractivity contribution in [3.05, 3.63) is 0 Å². The van der Waals surface area contributed by atoms with Crippen LogP contribution in [0.2, 0.25) is 0 Å². The highest BCUT2D eigenvalue weighted by molar-refractivity contribution is 5.82. The van der Waals surface area contributed by atoms with Crippen molar-refractivity contribution in [2.24, 2.45) is 5.92 Å². The van der Waals surface area contributed by atoms with E-state index in [0.717, 1.165) is 32.4 Å². The predicted octanol–water partition coefficient (Wildman–Crippen LogP) is 1.03. The van der Waals surface area contributed by atoms with Gasteiger partial charge in [-0.2, -0.15) is 0 Å². The Morgan fingerprint density at radius 2 is 2.20 bits per heavy atom. The first-order valence-corrected chi connectivity index (χ1v) is 7.70. The van der Waals surface area contributed by atoms with Crippen molar-refractivity contribution in [1.29, 1.82) is 0 Å². The Bertz CT molecular complexity index is 346. The van der Waals surface area contributed by atoms with Crippen LogP contribution in [0.15, 0.2) is 0 Å².